The van der Waals surface area contributed by atoms with Crippen molar-refractivity contribution in [2.24, 2.45) is 0 Å². The lowest BCUT2D eigenvalue weighted by molar-refractivity contribution is -0.112. The Morgan fingerprint density at radius 3 is 1.13 bits per heavy atom. The number of hydrogen-bond donors (Lipinski definition) is 10. The number of imidazole rings is 1. The molecule has 8 aromatic carbocycles. The molecule has 1 aliphatic rings. The van der Waals surface area contributed by atoms with E-state index < -0.39 is 23.3 Å². The molecule has 35 heteroatoms. The van der Waals surface area contributed by atoms with Crippen LogP contribution in [0, 0.1) is 35.6 Å². The number of ketones is 2. The molecule has 1 saturated heterocycles. The third-order valence-corrected chi connectivity index (χ3v) is 18.7. The fraction of sp³-hybridized carbons (Fsp3) is 0.190. The zero-order chi connectivity index (χ0) is 95.6. The molecule has 2 amide bonds. The van der Waals surface area contributed by atoms with Crippen LogP contribution in [0.15, 0.2) is 286 Å². The smallest absolute Gasteiger partial charge is 0.247 e. The van der Waals surface area contributed by atoms with Gasteiger partial charge in [0.1, 0.15) is 36.2 Å². The van der Waals surface area contributed by atoms with Crippen molar-refractivity contribution in [3.8, 4) is 35.3 Å². The summed E-state index contributed by atoms with van der Waals surface area (Å²) in [7, 11) is 3.96. The molecular formula is C100H102F4N22O9. The van der Waals surface area contributed by atoms with Crippen molar-refractivity contribution >= 4 is 127 Å². The molecule has 0 unspecified atom stereocenters. The number of terminal acetylenes is 1. The Hall–Kier alpha value is -16.7. The number of ether oxygens (including phenoxy) is 5. The number of benzene rings is 8. The van der Waals surface area contributed by atoms with Crippen molar-refractivity contribution in [1.29, 1.82) is 0 Å². The minimum atomic E-state index is -0.627. The Bertz CT molecular complexity index is 6290. The van der Waals surface area contributed by atoms with Crippen LogP contribution >= 0.6 is 0 Å². The highest BCUT2D eigenvalue weighted by Crippen LogP contribution is 2.31. The number of aryl methyl sites for hydroxylation is 1. The van der Waals surface area contributed by atoms with Gasteiger partial charge in [0.15, 0.2) is 58.1 Å². The number of allylic oxidation sites excluding steroid dienone is 4. The molecule has 0 radical (unpaired) electrons. The summed E-state index contributed by atoms with van der Waals surface area (Å²) in [5.74, 6) is 2.53. The van der Waals surface area contributed by atoms with Gasteiger partial charge in [0.05, 0.1) is 57.5 Å². The Morgan fingerprint density at radius 1 is 0.444 bits per heavy atom. The van der Waals surface area contributed by atoms with Gasteiger partial charge < -0.3 is 86.3 Å². The summed E-state index contributed by atoms with van der Waals surface area (Å²) in [5.41, 5.74) is 8.81. The van der Waals surface area contributed by atoms with Crippen molar-refractivity contribution in [2.75, 3.05) is 133 Å². The van der Waals surface area contributed by atoms with Gasteiger partial charge in [-0.25, -0.2) is 42.5 Å². The largest absolute Gasteiger partial charge is 0.493 e. The van der Waals surface area contributed by atoms with Crippen molar-refractivity contribution in [2.45, 2.75) is 47.1 Å². The molecule has 31 nitrogen and oxygen atoms in total. The van der Waals surface area contributed by atoms with Crippen LogP contribution in [0.2, 0.25) is 0 Å². The lowest BCUT2D eigenvalue weighted by atomic mass is 10.1. The second kappa shape index (κ2) is 51.6. The molecule has 14 rings (SSSR count). The molecule has 694 valence electrons. The average Bonchev–Trinajstić information content (AvgIpc) is 1.04. The van der Waals surface area contributed by atoms with Gasteiger partial charge in [-0.1, -0.05) is 90.9 Å². The van der Waals surface area contributed by atoms with Crippen molar-refractivity contribution in [1.82, 2.24) is 59.2 Å². The van der Waals surface area contributed by atoms with E-state index in [4.69, 9.17) is 30.1 Å². The standard InChI is InChI=1S/C26H29FN6O3.C25H24FN7O2.C25H28FN5O2.C24H21FN4O2/c1-2-24(34)29-19-6-3-7-20(16-19)30-25-23(27)18-28-26(32-25)31-21-8-4-9-22(17-21)36-13-5-10-33-11-14-35-15-12-33;1-2-23(34)29-18-6-3-7-19(14-18)30-24-22(26)16-28-25(32-24)31-20-8-4-9-21(15-20)35-13-5-11-33-12-10-27-17-33;1-17(2)13-23(32)18-7-5-8-19(14-18)28-24-22(26)16-27-25(30-24)29-20-9-6-10-21(15-20)33-12-11-31(3)4;1-4-11-31-20-10-6-9-19(14-20)28-24-26-15-21(25)23(29-24)27-18-8-5-7-17(13-18)22(30)12-16(2)3/h2-4,6-9,16-18H,1,5,10-15H2,(H,29,34)(H2,28,30,31,32);2-4,6-10,12,14-17H,1,5,11,13H2,(H,29,34)(H2,28,30,31,32);5-10,13-16H,11-12H2,1-4H3,(H2,27,28,29,30);1,5-10,12-15H,11H2,2-3H3,(H2,26,27,28,29). The molecule has 0 saturated carbocycles. The van der Waals surface area contributed by atoms with Gasteiger partial charge in [-0.2, -0.15) is 19.9 Å². The SMILES string of the molecule is C#CCOc1cccc(Nc2ncc(F)c(Nc3cccc(C(=O)C=C(C)C)c3)n2)c1.C=CC(=O)Nc1cccc(Nc2nc(Nc3cccc(OCCCN4CCOCC4)c3)ncc2F)c1.C=CC(=O)Nc1cccc(Nc2nc(Nc3cccc(OCCCn4ccnc4)c3)ncc2F)c1.CC(C)=CC(=O)c1cccc(Nc2nc(Nc3cccc(OCCN(C)C)c3)ncc2F)c1. The Kier molecular flexibility index (Phi) is 37.8. The lowest BCUT2D eigenvalue weighted by Gasteiger charge is -2.26. The third kappa shape index (κ3) is 34.0. The fourth-order valence-electron chi connectivity index (χ4n) is 12.3. The van der Waals surface area contributed by atoms with E-state index in [1.807, 2.05) is 130 Å². The van der Waals surface area contributed by atoms with E-state index in [2.05, 4.69) is 122 Å². The number of carbonyl (C=O) groups excluding carboxylic acids is 4. The van der Waals surface area contributed by atoms with Crippen LogP contribution in [0.3, 0.4) is 0 Å². The lowest BCUT2D eigenvalue weighted by Crippen LogP contribution is -2.37. The molecule has 5 aromatic heterocycles. The molecule has 13 aromatic rings. The first-order valence-corrected chi connectivity index (χ1v) is 42.6. The topological polar surface area (TPSA) is 362 Å². The number of nitrogens with zero attached hydrogens (tertiary/aromatic N) is 12. The number of aromatic nitrogens is 10. The summed E-state index contributed by atoms with van der Waals surface area (Å²) in [6, 6.07) is 56.6. The first kappa shape index (κ1) is 98.9. The van der Waals surface area contributed by atoms with Crippen LogP contribution in [0.4, 0.5) is 122 Å². The number of likely N-dealkylation sites (N-methyl/N-ethyl adjacent to an activating group) is 1. The minimum absolute atomic E-state index is 0.00213. The number of carbonyl (C=O) groups is 4. The third-order valence-electron chi connectivity index (χ3n) is 18.7. The summed E-state index contributed by atoms with van der Waals surface area (Å²) in [5, 5.41) is 29.2. The fourth-order valence-corrected chi connectivity index (χ4v) is 12.3. The van der Waals surface area contributed by atoms with E-state index in [1.165, 1.54) is 12.2 Å². The first-order chi connectivity index (χ1) is 65.4. The highest BCUT2D eigenvalue weighted by Gasteiger charge is 2.18. The summed E-state index contributed by atoms with van der Waals surface area (Å²) in [6.45, 7) is 22.2. The van der Waals surface area contributed by atoms with Gasteiger partial charge in [0.2, 0.25) is 35.6 Å². The maximum atomic E-state index is 14.4. The van der Waals surface area contributed by atoms with Crippen molar-refractivity contribution in [3.63, 3.8) is 0 Å². The normalized spacial score (nSPS) is 11.2. The summed E-state index contributed by atoms with van der Waals surface area (Å²) < 4.78 is 87.7. The molecule has 135 heavy (non-hydrogen) atoms. The minimum Gasteiger partial charge on any atom is -0.493 e. The summed E-state index contributed by atoms with van der Waals surface area (Å²) in [4.78, 5) is 89.0. The van der Waals surface area contributed by atoms with Crippen molar-refractivity contribution < 1.29 is 60.4 Å². The van der Waals surface area contributed by atoms with Gasteiger partial charge in [-0.15, -0.1) is 6.42 Å². The number of hydrogen-bond acceptors (Lipinski definition) is 28. The van der Waals surface area contributed by atoms with Crippen LogP contribution in [-0.2, 0) is 20.9 Å². The molecule has 0 bridgehead atoms. The number of morpholine rings is 1. The zero-order valence-electron chi connectivity index (χ0n) is 75.1. The van der Waals surface area contributed by atoms with Crippen LogP contribution in [0.25, 0.3) is 0 Å². The maximum absolute atomic E-state index is 14.4. The van der Waals surface area contributed by atoms with Gasteiger partial charge >= 0.3 is 0 Å². The van der Waals surface area contributed by atoms with E-state index in [0.29, 0.717) is 105 Å². The van der Waals surface area contributed by atoms with E-state index >= 15 is 0 Å². The molecule has 1 fully saturated rings. The predicted octanol–water partition coefficient (Wildman–Crippen LogP) is 19.7. The highest BCUT2D eigenvalue weighted by atomic mass is 19.1. The Morgan fingerprint density at radius 2 is 0.778 bits per heavy atom. The first-order valence-electron chi connectivity index (χ1n) is 42.6. The number of amides is 2. The molecule has 10 N–H and O–H groups in total. The zero-order valence-corrected chi connectivity index (χ0v) is 75.1. The van der Waals surface area contributed by atoms with Crippen LogP contribution in [0.1, 0.15) is 61.3 Å². The quantitative estimate of drug-likeness (QED) is 0.00560. The van der Waals surface area contributed by atoms with Gasteiger partial charge in [-0.3, -0.25) is 24.1 Å². The number of halogens is 4. The van der Waals surface area contributed by atoms with E-state index in [0.717, 1.165) is 100 Å². The second-order valence-corrected chi connectivity index (χ2v) is 30.4. The summed E-state index contributed by atoms with van der Waals surface area (Å²) >= 11 is 0. The molecular weight excluding hydrogens is 1730 g/mol. The Labute approximate surface area is 779 Å². The Balaban J connectivity index is 0.000000173. The number of rotatable bonds is 40. The number of nitrogens with one attached hydrogen (secondary N) is 10. The molecule has 0 aliphatic carbocycles. The molecule has 6 heterocycles. The molecule has 0 atom stereocenters. The van der Waals surface area contributed by atoms with E-state index in [-0.39, 0.29) is 77.1 Å². The second-order valence-electron chi connectivity index (χ2n) is 30.4. The predicted molar refractivity (Wildman–Crippen MR) is 519 cm³/mol. The van der Waals surface area contributed by atoms with Crippen LogP contribution in [-0.4, -0.2) is 163 Å². The maximum Gasteiger partial charge on any atom is 0.247 e. The van der Waals surface area contributed by atoms with Gasteiger partial charge in [0, 0.05) is 137 Å². The van der Waals surface area contributed by atoms with E-state index in [1.54, 1.807) is 146 Å². The van der Waals surface area contributed by atoms with E-state index in [9.17, 15) is 36.7 Å². The molecule has 0 spiro atoms. The van der Waals surface area contributed by atoms with Gasteiger partial charge in [0.25, 0.3) is 0 Å². The average molecular weight is 1830 g/mol. The molecule has 1 aliphatic heterocycles. The van der Waals surface area contributed by atoms with Crippen LogP contribution in [0.5, 0.6) is 23.0 Å². The summed E-state index contributed by atoms with van der Waals surface area (Å²) in [6.07, 6.45) is 22.2. The van der Waals surface area contributed by atoms with Gasteiger partial charge in [-0.05, 0) is 188 Å². The van der Waals surface area contributed by atoms with Crippen molar-refractivity contribution in [3.05, 3.63) is 321 Å². The monoisotopic (exact) mass is 1830 g/mol. The van der Waals surface area contributed by atoms with Crippen LogP contribution < -0.4 is 72.1 Å². The number of anilines is 18. The highest BCUT2D eigenvalue weighted by molar-refractivity contribution is 6.06.